The van der Waals surface area contributed by atoms with E-state index in [-0.39, 0.29) is 23.8 Å². The molecule has 0 saturated carbocycles. The van der Waals surface area contributed by atoms with Gasteiger partial charge in [0.25, 0.3) is 5.91 Å². The van der Waals surface area contributed by atoms with E-state index in [9.17, 15) is 15.0 Å². The highest BCUT2D eigenvalue weighted by Gasteiger charge is 2.30. The zero-order valence-corrected chi connectivity index (χ0v) is 11.0. The molecule has 2 rings (SSSR count). The second kappa shape index (κ2) is 5.59. The summed E-state index contributed by atoms with van der Waals surface area (Å²) in [5, 5.41) is 22.6. The van der Waals surface area contributed by atoms with E-state index in [0.717, 1.165) is 5.56 Å². The van der Waals surface area contributed by atoms with Crippen molar-refractivity contribution in [3.63, 3.8) is 0 Å². The summed E-state index contributed by atoms with van der Waals surface area (Å²) in [6.45, 7) is 3.01. The Morgan fingerprint density at radius 1 is 1.42 bits per heavy atom. The van der Waals surface area contributed by atoms with Gasteiger partial charge in [-0.15, -0.1) is 0 Å². The highest BCUT2D eigenvalue weighted by Crippen LogP contribution is 2.21. The number of carbonyl (C=O) groups excluding carboxylic acids is 1. The Balaban J connectivity index is 1.97. The van der Waals surface area contributed by atoms with Gasteiger partial charge in [-0.25, -0.2) is 0 Å². The quantitative estimate of drug-likeness (QED) is 0.761. The van der Waals surface area contributed by atoms with Gasteiger partial charge in [-0.1, -0.05) is 6.07 Å². The molecule has 3 N–H and O–H groups in total. The molecule has 1 fully saturated rings. The van der Waals surface area contributed by atoms with Crippen molar-refractivity contribution in [1.29, 1.82) is 0 Å². The first-order valence-electron chi connectivity index (χ1n) is 6.38. The fourth-order valence-corrected chi connectivity index (χ4v) is 2.10. The third-order valence-corrected chi connectivity index (χ3v) is 3.40. The van der Waals surface area contributed by atoms with Crippen LogP contribution in [0.1, 0.15) is 28.8 Å². The van der Waals surface area contributed by atoms with Gasteiger partial charge in [-0.05, 0) is 24.6 Å². The van der Waals surface area contributed by atoms with E-state index in [1.54, 1.807) is 12.1 Å². The van der Waals surface area contributed by atoms with Gasteiger partial charge >= 0.3 is 0 Å². The summed E-state index contributed by atoms with van der Waals surface area (Å²) in [6, 6.07) is 4.88. The molecule has 0 aromatic heterocycles. The molecule has 1 amide bonds. The molecule has 0 radical (unpaired) electrons. The molecule has 0 atom stereocenters. The summed E-state index contributed by atoms with van der Waals surface area (Å²) < 4.78 is 5.18. The summed E-state index contributed by atoms with van der Waals surface area (Å²) in [5.41, 5.74) is 0.201. The fraction of sp³-hybridized carbons (Fsp3) is 0.500. The number of hydrogen-bond donors (Lipinski definition) is 3. The number of aromatic hydroxyl groups is 1. The minimum atomic E-state index is -0.909. The van der Waals surface area contributed by atoms with E-state index in [2.05, 4.69) is 5.32 Å². The first-order valence-corrected chi connectivity index (χ1v) is 6.38. The lowest BCUT2D eigenvalue weighted by Gasteiger charge is -2.32. The maximum Gasteiger partial charge on any atom is 0.255 e. The van der Waals surface area contributed by atoms with Crippen LogP contribution in [0, 0.1) is 6.92 Å². The third-order valence-electron chi connectivity index (χ3n) is 3.40. The Bertz CT molecular complexity index is 467. The molecule has 5 heteroatoms. The predicted molar refractivity (Wildman–Crippen MR) is 70.2 cm³/mol. The van der Waals surface area contributed by atoms with Crippen molar-refractivity contribution in [3.8, 4) is 5.75 Å². The van der Waals surface area contributed by atoms with Crippen molar-refractivity contribution in [1.82, 2.24) is 5.32 Å². The number of amides is 1. The monoisotopic (exact) mass is 265 g/mol. The topological polar surface area (TPSA) is 78.8 Å². The predicted octanol–water partition coefficient (Wildman–Crippen LogP) is 0.972. The standard InChI is InChI=1S/C14H19NO4/c1-10-2-3-11(12(16)8-10)13(17)15-9-14(18)4-6-19-7-5-14/h2-3,8,16,18H,4-7,9H2,1H3,(H,15,17). The molecule has 1 aromatic rings. The van der Waals surface area contributed by atoms with E-state index in [1.165, 1.54) is 6.07 Å². The largest absolute Gasteiger partial charge is 0.507 e. The Morgan fingerprint density at radius 3 is 2.74 bits per heavy atom. The summed E-state index contributed by atoms with van der Waals surface area (Å²) in [6.07, 6.45) is 1.01. The number of aryl methyl sites for hydroxylation is 1. The van der Waals surface area contributed by atoms with E-state index in [4.69, 9.17) is 4.74 Å². The van der Waals surface area contributed by atoms with E-state index < -0.39 is 5.60 Å². The normalized spacial score (nSPS) is 18.0. The molecule has 1 aliphatic heterocycles. The van der Waals surface area contributed by atoms with Crippen LogP contribution in [0.15, 0.2) is 18.2 Å². The zero-order chi connectivity index (χ0) is 13.9. The number of rotatable bonds is 3. The highest BCUT2D eigenvalue weighted by atomic mass is 16.5. The van der Waals surface area contributed by atoms with E-state index in [1.807, 2.05) is 6.92 Å². The lowest BCUT2D eigenvalue weighted by atomic mass is 9.94. The van der Waals surface area contributed by atoms with E-state index >= 15 is 0 Å². The minimum Gasteiger partial charge on any atom is -0.507 e. The van der Waals surface area contributed by atoms with Crippen LogP contribution in [-0.4, -0.2) is 41.5 Å². The smallest absolute Gasteiger partial charge is 0.255 e. The Labute approximate surface area is 112 Å². The molecule has 1 heterocycles. The number of nitrogens with one attached hydrogen (secondary N) is 1. The van der Waals surface area contributed by atoms with E-state index in [0.29, 0.717) is 26.1 Å². The average Bonchev–Trinajstić information content (AvgIpc) is 2.37. The Morgan fingerprint density at radius 2 is 2.11 bits per heavy atom. The number of aliphatic hydroxyl groups is 1. The van der Waals surface area contributed by atoms with Crippen molar-refractivity contribution in [2.75, 3.05) is 19.8 Å². The second-order valence-corrected chi connectivity index (χ2v) is 5.04. The van der Waals surface area contributed by atoms with Crippen LogP contribution in [0.5, 0.6) is 5.75 Å². The van der Waals surface area contributed by atoms with Gasteiger partial charge in [0.1, 0.15) is 5.75 Å². The SMILES string of the molecule is Cc1ccc(C(=O)NCC2(O)CCOCC2)c(O)c1. The lowest BCUT2D eigenvalue weighted by Crippen LogP contribution is -2.46. The summed E-state index contributed by atoms with van der Waals surface area (Å²) in [7, 11) is 0. The number of ether oxygens (including phenoxy) is 1. The van der Waals surface area contributed by atoms with Crippen LogP contribution in [0.2, 0.25) is 0 Å². The molecule has 0 spiro atoms. The van der Waals surface area contributed by atoms with Crippen LogP contribution < -0.4 is 5.32 Å². The summed E-state index contributed by atoms with van der Waals surface area (Å²) >= 11 is 0. The molecule has 1 aliphatic rings. The minimum absolute atomic E-state index is 0.0449. The molecule has 19 heavy (non-hydrogen) atoms. The first-order chi connectivity index (χ1) is 9.00. The molecule has 1 aromatic carbocycles. The van der Waals surface area contributed by atoms with Gasteiger partial charge in [-0.2, -0.15) is 0 Å². The lowest BCUT2D eigenvalue weighted by molar-refractivity contribution is -0.0605. The van der Waals surface area contributed by atoms with Crippen LogP contribution in [0.3, 0.4) is 0 Å². The molecule has 0 unspecified atom stereocenters. The van der Waals surface area contributed by atoms with Crippen molar-refractivity contribution in [2.24, 2.45) is 0 Å². The van der Waals surface area contributed by atoms with Gasteiger partial charge in [-0.3, -0.25) is 4.79 Å². The van der Waals surface area contributed by atoms with Crippen LogP contribution in [0.4, 0.5) is 0 Å². The first kappa shape index (κ1) is 13.8. The molecule has 104 valence electrons. The Kier molecular flexibility index (Phi) is 4.07. The van der Waals surface area contributed by atoms with Crippen LogP contribution >= 0.6 is 0 Å². The number of benzene rings is 1. The number of phenols is 1. The van der Waals surface area contributed by atoms with Gasteiger partial charge in [0.05, 0.1) is 11.2 Å². The molecule has 0 aliphatic carbocycles. The molecular formula is C14H19NO4. The third kappa shape index (κ3) is 3.45. The second-order valence-electron chi connectivity index (χ2n) is 5.04. The number of phenolic OH excluding ortho intramolecular Hbond substituents is 1. The molecule has 5 nitrogen and oxygen atoms in total. The maximum atomic E-state index is 11.9. The van der Waals surface area contributed by atoms with Crippen LogP contribution in [0.25, 0.3) is 0 Å². The van der Waals surface area contributed by atoms with Gasteiger partial charge < -0.3 is 20.3 Å². The Hall–Kier alpha value is -1.59. The van der Waals surface area contributed by atoms with Crippen molar-refractivity contribution >= 4 is 5.91 Å². The van der Waals surface area contributed by atoms with Crippen molar-refractivity contribution in [2.45, 2.75) is 25.4 Å². The number of hydrogen-bond acceptors (Lipinski definition) is 4. The van der Waals surface area contributed by atoms with Gasteiger partial charge in [0.2, 0.25) is 0 Å². The van der Waals surface area contributed by atoms with Crippen molar-refractivity contribution in [3.05, 3.63) is 29.3 Å². The highest BCUT2D eigenvalue weighted by molar-refractivity contribution is 5.96. The molecule has 1 saturated heterocycles. The maximum absolute atomic E-state index is 11.9. The summed E-state index contributed by atoms with van der Waals surface area (Å²) in [5.74, 6) is -0.422. The number of carbonyl (C=O) groups is 1. The fourth-order valence-electron chi connectivity index (χ4n) is 2.10. The summed E-state index contributed by atoms with van der Waals surface area (Å²) in [4.78, 5) is 11.9. The molecule has 0 bridgehead atoms. The van der Waals surface area contributed by atoms with Gasteiger partial charge in [0.15, 0.2) is 0 Å². The van der Waals surface area contributed by atoms with Crippen molar-refractivity contribution < 1.29 is 19.7 Å². The molecular weight excluding hydrogens is 246 g/mol. The van der Waals surface area contributed by atoms with Gasteiger partial charge in [0, 0.05) is 32.6 Å². The average molecular weight is 265 g/mol. The van der Waals surface area contributed by atoms with Crippen LogP contribution in [-0.2, 0) is 4.74 Å². The zero-order valence-electron chi connectivity index (χ0n) is 11.0.